The van der Waals surface area contributed by atoms with Gasteiger partial charge in [0.2, 0.25) is 15.9 Å². The first-order valence-corrected chi connectivity index (χ1v) is 9.65. The van der Waals surface area contributed by atoms with Crippen LogP contribution < -0.4 is 0 Å². The molecule has 0 spiro atoms. The third kappa shape index (κ3) is 3.99. The summed E-state index contributed by atoms with van der Waals surface area (Å²) in [6.07, 6.45) is 0.792. The molecule has 6 nitrogen and oxygen atoms in total. The highest BCUT2D eigenvalue weighted by Crippen LogP contribution is 2.26. The van der Waals surface area contributed by atoms with Crippen LogP contribution in [0.2, 0.25) is 0 Å². The van der Waals surface area contributed by atoms with Gasteiger partial charge in [0.05, 0.1) is 18.1 Å². The smallest absolute Gasteiger partial charge is 0.243 e. The van der Waals surface area contributed by atoms with E-state index in [1.165, 1.54) is 4.31 Å². The summed E-state index contributed by atoms with van der Waals surface area (Å²) in [4.78, 5) is 13.8. The van der Waals surface area contributed by atoms with Gasteiger partial charge < -0.3 is 9.64 Å². The van der Waals surface area contributed by atoms with E-state index in [9.17, 15) is 22.0 Å². The quantitative estimate of drug-likeness (QED) is 0.798. The zero-order chi connectivity index (χ0) is 18.0. The van der Waals surface area contributed by atoms with E-state index in [0.29, 0.717) is 45.2 Å². The summed E-state index contributed by atoms with van der Waals surface area (Å²) in [6.45, 7) is 2.45. The molecule has 0 atom stereocenters. The summed E-state index contributed by atoms with van der Waals surface area (Å²) in [7, 11) is -3.97. The number of hydrogen-bond acceptors (Lipinski definition) is 4. The van der Waals surface area contributed by atoms with Crippen LogP contribution in [0.15, 0.2) is 23.1 Å². The molecule has 138 valence electrons. The molecule has 3 rings (SSSR count). The molecule has 2 saturated heterocycles. The van der Waals surface area contributed by atoms with Crippen LogP contribution in [-0.2, 0) is 19.6 Å². The number of halogens is 2. The number of ether oxygens (including phenoxy) is 1. The van der Waals surface area contributed by atoms with Gasteiger partial charge in [0, 0.05) is 38.2 Å². The molecular weight excluding hydrogens is 354 g/mol. The SMILES string of the molecule is O=C(C1CCN(S(=O)(=O)c2cc(F)cc(F)c2)CC1)N1CCOCC1. The van der Waals surface area contributed by atoms with Crippen LogP contribution >= 0.6 is 0 Å². The largest absolute Gasteiger partial charge is 0.378 e. The lowest BCUT2D eigenvalue weighted by Gasteiger charge is -2.35. The van der Waals surface area contributed by atoms with Crippen molar-refractivity contribution in [1.82, 2.24) is 9.21 Å². The number of carbonyl (C=O) groups excluding carboxylic acids is 1. The van der Waals surface area contributed by atoms with Crippen molar-refractivity contribution in [2.45, 2.75) is 17.7 Å². The lowest BCUT2D eigenvalue weighted by atomic mass is 9.96. The van der Waals surface area contributed by atoms with Gasteiger partial charge in [0.25, 0.3) is 0 Å². The summed E-state index contributed by atoms with van der Waals surface area (Å²) in [5, 5.41) is 0. The average Bonchev–Trinajstić information content (AvgIpc) is 2.61. The Morgan fingerprint density at radius 1 is 1.00 bits per heavy atom. The maximum absolute atomic E-state index is 13.3. The number of amides is 1. The predicted molar refractivity (Wildman–Crippen MR) is 85.2 cm³/mol. The summed E-state index contributed by atoms with van der Waals surface area (Å²) in [5.74, 6) is -2.07. The van der Waals surface area contributed by atoms with E-state index in [4.69, 9.17) is 4.74 Å². The standard InChI is InChI=1S/C16H20F2N2O4S/c17-13-9-14(18)11-15(10-13)25(22,23)20-3-1-12(2-4-20)16(21)19-5-7-24-8-6-19/h9-12H,1-8H2. The van der Waals surface area contributed by atoms with Crippen LogP contribution in [0.4, 0.5) is 8.78 Å². The molecule has 2 aliphatic heterocycles. The lowest BCUT2D eigenvalue weighted by molar-refractivity contribution is -0.140. The van der Waals surface area contributed by atoms with Crippen molar-refractivity contribution in [3.05, 3.63) is 29.8 Å². The molecule has 0 aliphatic carbocycles. The topological polar surface area (TPSA) is 66.9 Å². The third-order valence-electron chi connectivity index (χ3n) is 4.60. The van der Waals surface area contributed by atoms with E-state index in [-0.39, 0.29) is 24.9 Å². The van der Waals surface area contributed by atoms with Gasteiger partial charge in [0.1, 0.15) is 11.6 Å². The Bertz CT molecular complexity index is 722. The second-order valence-electron chi connectivity index (χ2n) is 6.22. The molecule has 25 heavy (non-hydrogen) atoms. The molecule has 0 radical (unpaired) electrons. The van der Waals surface area contributed by atoms with Gasteiger partial charge in [-0.15, -0.1) is 0 Å². The molecule has 1 amide bonds. The van der Waals surface area contributed by atoms with Crippen molar-refractivity contribution in [1.29, 1.82) is 0 Å². The number of rotatable bonds is 3. The molecule has 2 heterocycles. The average molecular weight is 374 g/mol. The van der Waals surface area contributed by atoms with Gasteiger partial charge in [-0.05, 0) is 25.0 Å². The van der Waals surface area contributed by atoms with Crippen molar-refractivity contribution in [2.24, 2.45) is 5.92 Å². The molecule has 1 aromatic rings. The van der Waals surface area contributed by atoms with E-state index in [2.05, 4.69) is 0 Å². The molecule has 0 bridgehead atoms. The van der Waals surface area contributed by atoms with E-state index < -0.39 is 26.6 Å². The highest BCUT2D eigenvalue weighted by Gasteiger charge is 2.34. The fraction of sp³-hybridized carbons (Fsp3) is 0.562. The van der Waals surface area contributed by atoms with Crippen molar-refractivity contribution in [3.63, 3.8) is 0 Å². The molecular formula is C16H20F2N2O4S. The first-order valence-electron chi connectivity index (χ1n) is 8.21. The number of sulfonamides is 1. The van der Waals surface area contributed by atoms with Crippen LogP contribution in [0.1, 0.15) is 12.8 Å². The highest BCUT2D eigenvalue weighted by atomic mass is 32.2. The van der Waals surface area contributed by atoms with E-state index in [0.717, 1.165) is 12.1 Å². The fourth-order valence-corrected chi connectivity index (χ4v) is 4.72. The Balaban J connectivity index is 1.65. The number of benzene rings is 1. The Labute approximate surface area is 145 Å². The predicted octanol–water partition coefficient (Wildman–Crippen LogP) is 1.22. The highest BCUT2D eigenvalue weighted by molar-refractivity contribution is 7.89. The minimum atomic E-state index is -3.97. The van der Waals surface area contributed by atoms with Crippen LogP contribution in [0.3, 0.4) is 0 Å². The first-order chi connectivity index (χ1) is 11.9. The van der Waals surface area contributed by atoms with Crippen molar-refractivity contribution in [2.75, 3.05) is 39.4 Å². The van der Waals surface area contributed by atoms with E-state index in [1.54, 1.807) is 4.90 Å². The van der Waals surface area contributed by atoms with Crippen LogP contribution in [0.25, 0.3) is 0 Å². The fourth-order valence-electron chi connectivity index (χ4n) is 3.21. The third-order valence-corrected chi connectivity index (χ3v) is 6.48. The molecule has 2 fully saturated rings. The molecule has 0 unspecified atom stereocenters. The number of carbonyl (C=O) groups is 1. The number of nitrogens with zero attached hydrogens (tertiary/aromatic N) is 2. The van der Waals surface area contributed by atoms with Crippen molar-refractivity contribution in [3.8, 4) is 0 Å². The Kier molecular flexibility index (Phi) is 5.35. The van der Waals surface area contributed by atoms with E-state index in [1.807, 2.05) is 0 Å². The number of piperidine rings is 1. The second-order valence-corrected chi connectivity index (χ2v) is 8.16. The Morgan fingerprint density at radius 3 is 2.12 bits per heavy atom. The zero-order valence-corrected chi connectivity index (χ0v) is 14.5. The van der Waals surface area contributed by atoms with Crippen LogP contribution in [0, 0.1) is 17.6 Å². The van der Waals surface area contributed by atoms with Gasteiger partial charge in [-0.25, -0.2) is 17.2 Å². The number of hydrogen-bond donors (Lipinski definition) is 0. The Hall–Kier alpha value is -1.58. The van der Waals surface area contributed by atoms with Crippen molar-refractivity contribution < 1.29 is 26.7 Å². The molecule has 2 aliphatic rings. The Morgan fingerprint density at radius 2 is 1.56 bits per heavy atom. The maximum Gasteiger partial charge on any atom is 0.243 e. The molecule has 0 saturated carbocycles. The van der Waals surface area contributed by atoms with Gasteiger partial charge >= 0.3 is 0 Å². The minimum absolute atomic E-state index is 0.0251. The minimum Gasteiger partial charge on any atom is -0.378 e. The summed E-state index contributed by atoms with van der Waals surface area (Å²) in [5.41, 5.74) is 0. The van der Waals surface area contributed by atoms with Gasteiger partial charge in [0.15, 0.2) is 0 Å². The van der Waals surface area contributed by atoms with Crippen LogP contribution in [-0.4, -0.2) is 62.9 Å². The maximum atomic E-state index is 13.3. The summed E-state index contributed by atoms with van der Waals surface area (Å²) < 4.78 is 58.1. The van der Waals surface area contributed by atoms with Crippen molar-refractivity contribution >= 4 is 15.9 Å². The lowest BCUT2D eigenvalue weighted by Crippen LogP contribution is -2.47. The molecule has 0 aromatic heterocycles. The molecule has 0 N–H and O–H groups in total. The zero-order valence-electron chi connectivity index (χ0n) is 13.7. The van der Waals surface area contributed by atoms with Gasteiger partial charge in [-0.1, -0.05) is 0 Å². The normalized spacial score (nSPS) is 20.6. The molecule has 9 heteroatoms. The van der Waals surface area contributed by atoms with E-state index >= 15 is 0 Å². The monoisotopic (exact) mass is 374 g/mol. The second kappa shape index (κ2) is 7.35. The van der Waals surface area contributed by atoms with Crippen LogP contribution in [0.5, 0.6) is 0 Å². The summed E-state index contributed by atoms with van der Waals surface area (Å²) in [6, 6.07) is 2.25. The first kappa shape index (κ1) is 18.2. The molecule has 1 aromatic carbocycles. The van der Waals surface area contributed by atoms with Gasteiger partial charge in [-0.3, -0.25) is 4.79 Å². The number of morpholine rings is 1. The van der Waals surface area contributed by atoms with Gasteiger partial charge in [-0.2, -0.15) is 4.31 Å². The summed E-state index contributed by atoms with van der Waals surface area (Å²) >= 11 is 0.